The highest BCUT2D eigenvalue weighted by molar-refractivity contribution is 6.05. The number of aromatic amines is 1. The van der Waals surface area contributed by atoms with E-state index in [9.17, 15) is 14.0 Å². The number of carbonyl (C=O) groups excluding carboxylic acids is 1. The van der Waals surface area contributed by atoms with Gasteiger partial charge in [-0.3, -0.25) is 4.79 Å². The van der Waals surface area contributed by atoms with Crippen LogP contribution < -0.4 is 10.5 Å². The van der Waals surface area contributed by atoms with Crippen molar-refractivity contribution in [2.45, 2.75) is 19.9 Å². The molecule has 0 spiro atoms. The van der Waals surface area contributed by atoms with Crippen molar-refractivity contribution in [3.8, 4) is 11.1 Å². The molecule has 0 amide bonds. The Labute approximate surface area is 183 Å². The molecule has 1 aromatic carbocycles. The van der Waals surface area contributed by atoms with Crippen molar-refractivity contribution >= 4 is 28.4 Å². The van der Waals surface area contributed by atoms with Crippen LogP contribution in [0, 0.1) is 12.7 Å². The topological polar surface area (TPSA) is 80.2 Å². The third kappa shape index (κ3) is 2.90. The number of aryl methyl sites for hydroxylation is 2. The second kappa shape index (κ2) is 7.33. The maximum atomic E-state index is 13.7. The van der Waals surface area contributed by atoms with Crippen LogP contribution in [0.25, 0.3) is 22.0 Å². The van der Waals surface area contributed by atoms with E-state index in [1.54, 1.807) is 49.6 Å². The Kier molecular flexibility index (Phi) is 4.58. The van der Waals surface area contributed by atoms with Crippen LogP contribution in [0.4, 0.5) is 15.9 Å². The van der Waals surface area contributed by atoms with Gasteiger partial charge < -0.3 is 19.2 Å². The summed E-state index contributed by atoms with van der Waals surface area (Å²) < 4.78 is 20.7. The normalized spacial score (nSPS) is 14.9. The van der Waals surface area contributed by atoms with Crippen LogP contribution in [-0.2, 0) is 16.6 Å². The van der Waals surface area contributed by atoms with Crippen LogP contribution in [0.5, 0.6) is 0 Å². The Hall–Kier alpha value is -3.94. The molecule has 0 bridgehead atoms. The SMILES string of the molecule is CCOC(=O)C1c2c[nH]c3c(=O)n(C)cc(c23)-c2cc(C)cnc2N1c1ccc(F)cc1. The summed E-state index contributed by atoms with van der Waals surface area (Å²) in [5, 5.41) is 0.657. The van der Waals surface area contributed by atoms with Gasteiger partial charge in [0.2, 0.25) is 0 Å². The fourth-order valence-electron chi connectivity index (χ4n) is 4.35. The number of nitrogens with one attached hydrogen (secondary N) is 1. The third-order valence-electron chi connectivity index (χ3n) is 5.73. The zero-order chi connectivity index (χ0) is 22.6. The van der Waals surface area contributed by atoms with E-state index >= 15 is 0 Å². The first-order valence-electron chi connectivity index (χ1n) is 10.3. The quantitative estimate of drug-likeness (QED) is 0.493. The largest absolute Gasteiger partial charge is 0.464 e. The standard InChI is InChI=1S/C24H21FN4O3/c1-4-32-24(31)21-17-11-26-20-19(17)18(12-28(3)23(20)30)16-9-13(2)10-27-22(16)29(21)15-7-5-14(25)6-8-15/h5-12,21,26H,4H2,1-3H3. The van der Waals surface area contributed by atoms with Gasteiger partial charge in [-0.25, -0.2) is 14.2 Å². The number of aromatic nitrogens is 3. The molecule has 0 aliphatic carbocycles. The van der Waals surface area contributed by atoms with E-state index in [0.29, 0.717) is 28.0 Å². The van der Waals surface area contributed by atoms with Gasteiger partial charge in [0.25, 0.3) is 5.56 Å². The molecule has 7 nitrogen and oxygen atoms in total. The molecule has 162 valence electrons. The summed E-state index contributed by atoms with van der Waals surface area (Å²) in [5.74, 6) is -0.348. The number of rotatable bonds is 3. The molecular formula is C24H21FN4O3. The summed E-state index contributed by atoms with van der Waals surface area (Å²) in [6, 6.07) is 6.94. The number of H-pyrrole nitrogens is 1. The maximum Gasteiger partial charge on any atom is 0.333 e. The fourth-order valence-corrected chi connectivity index (χ4v) is 4.35. The van der Waals surface area contributed by atoms with Crippen LogP contribution in [-0.4, -0.2) is 27.1 Å². The summed E-state index contributed by atoms with van der Waals surface area (Å²) in [6.45, 7) is 3.86. The number of benzene rings is 1. The van der Waals surface area contributed by atoms with Crippen LogP contribution in [0.3, 0.4) is 0 Å². The highest BCUT2D eigenvalue weighted by Gasteiger charge is 2.38. The zero-order valence-electron chi connectivity index (χ0n) is 17.8. The van der Waals surface area contributed by atoms with Crippen LogP contribution in [0.1, 0.15) is 24.1 Å². The molecule has 32 heavy (non-hydrogen) atoms. The van der Waals surface area contributed by atoms with E-state index in [4.69, 9.17) is 4.74 Å². The van der Waals surface area contributed by atoms with Crippen molar-refractivity contribution in [3.63, 3.8) is 0 Å². The second-order valence-electron chi connectivity index (χ2n) is 7.84. The maximum absolute atomic E-state index is 13.7. The Morgan fingerprint density at radius 1 is 1.25 bits per heavy atom. The fraction of sp³-hybridized carbons (Fsp3) is 0.208. The van der Waals surface area contributed by atoms with Crippen LogP contribution in [0.15, 0.2) is 53.7 Å². The molecule has 1 unspecified atom stereocenters. The number of nitrogens with zero attached hydrogens (tertiary/aromatic N) is 3. The van der Waals surface area contributed by atoms with Gasteiger partial charge >= 0.3 is 5.97 Å². The van der Waals surface area contributed by atoms with Gasteiger partial charge in [0.15, 0.2) is 6.04 Å². The van der Waals surface area contributed by atoms with E-state index in [1.807, 2.05) is 13.0 Å². The summed E-state index contributed by atoms with van der Waals surface area (Å²) in [5.41, 5.74) is 3.86. The number of halogens is 1. The second-order valence-corrected chi connectivity index (χ2v) is 7.84. The number of anilines is 2. The number of esters is 1. The number of hydrogen-bond acceptors (Lipinski definition) is 5. The highest BCUT2D eigenvalue weighted by Crippen LogP contribution is 2.47. The first-order chi connectivity index (χ1) is 15.4. The Morgan fingerprint density at radius 3 is 2.72 bits per heavy atom. The van der Waals surface area contributed by atoms with E-state index in [1.165, 1.54) is 16.7 Å². The number of pyridine rings is 2. The third-order valence-corrected chi connectivity index (χ3v) is 5.73. The first kappa shape index (κ1) is 20.0. The van der Waals surface area contributed by atoms with Crippen molar-refractivity contribution in [2.24, 2.45) is 7.05 Å². The molecule has 4 aromatic rings. The summed E-state index contributed by atoms with van der Waals surface area (Å²) in [6.07, 6.45) is 5.16. The Bertz CT molecular complexity index is 1420. The van der Waals surface area contributed by atoms with Crippen LogP contribution in [0.2, 0.25) is 0 Å². The molecule has 1 aliphatic rings. The summed E-state index contributed by atoms with van der Waals surface area (Å²) in [7, 11) is 1.69. The average Bonchev–Trinajstić information content (AvgIpc) is 3.16. The van der Waals surface area contributed by atoms with Crippen molar-refractivity contribution in [2.75, 3.05) is 11.5 Å². The van der Waals surface area contributed by atoms with E-state index in [-0.39, 0.29) is 18.0 Å². The lowest BCUT2D eigenvalue weighted by Crippen LogP contribution is -2.32. The Balaban J connectivity index is 1.93. The average molecular weight is 432 g/mol. The van der Waals surface area contributed by atoms with E-state index < -0.39 is 12.0 Å². The van der Waals surface area contributed by atoms with Crippen molar-refractivity contribution < 1.29 is 13.9 Å². The van der Waals surface area contributed by atoms with Crippen LogP contribution >= 0.6 is 0 Å². The minimum atomic E-state index is -0.920. The van der Waals surface area contributed by atoms with Gasteiger partial charge in [-0.2, -0.15) is 0 Å². The molecule has 1 N–H and O–H groups in total. The van der Waals surface area contributed by atoms with Gasteiger partial charge in [-0.15, -0.1) is 0 Å². The number of ether oxygens (including phenoxy) is 1. The van der Waals surface area contributed by atoms with Gasteiger partial charge in [-0.05, 0) is 49.7 Å². The number of fused-ring (bicyclic) bond motifs is 2. The van der Waals surface area contributed by atoms with Gasteiger partial charge in [-0.1, -0.05) is 0 Å². The van der Waals surface area contributed by atoms with E-state index in [0.717, 1.165) is 16.7 Å². The van der Waals surface area contributed by atoms with Crippen molar-refractivity contribution in [1.29, 1.82) is 0 Å². The minimum Gasteiger partial charge on any atom is -0.464 e. The number of hydrogen-bond donors (Lipinski definition) is 1. The Morgan fingerprint density at radius 2 is 2.00 bits per heavy atom. The summed E-state index contributed by atoms with van der Waals surface area (Å²) in [4.78, 5) is 35.7. The molecule has 0 fully saturated rings. The first-order valence-corrected chi connectivity index (χ1v) is 10.3. The van der Waals surface area contributed by atoms with E-state index in [2.05, 4.69) is 9.97 Å². The van der Waals surface area contributed by atoms with Crippen molar-refractivity contribution in [3.05, 3.63) is 76.2 Å². The molecule has 1 aliphatic heterocycles. The van der Waals surface area contributed by atoms with Gasteiger partial charge in [0, 0.05) is 53.4 Å². The summed E-state index contributed by atoms with van der Waals surface area (Å²) >= 11 is 0. The molecule has 1 atom stereocenters. The molecule has 5 rings (SSSR count). The molecule has 8 heteroatoms. The highest BCUT2D eigenvalue weighted by atomic mass is 19.1. The molecule has 0 saturated carbocycles. The predicted octanol–water partition coefficient (Wildman–Crippen LogP) is 4.13. The smallest absolute Gasteiger partial charge is 0.333 e. The minimum absolute atomic E-state index is 0.192. The molecule has 3 aromatic heterocycles. The molecular weight excluding hydrogens is 411 g/mol. The monoisotopic (exact) mass is 432 g/mol. The molecule has 0 radical (unpaired) electrons. The van der Waals surface area contributed by atoms with Crippen molar-refractivity contribution in [1.82, 2.24) is 14.5 Å². The zero-order valence-corrected chi connectivity index (χ0v) is 17.8. The van der Waals surface area contributed by atoms with Gasteiger partial charge in [0.05, 0.1) is 6.61 Å². The molecule has 0 saturated heterocycles. The van der Waals surface area contributed by atoms with Gasteiger partial charge in [0.1, 0.15) is 17.2 Å². The lowest BCUT2D eigenvalue weighted by Gasteiger charge is -2.31. The lowest BCUT2D eigenvalue weighted by molar-refractivity contribution is -0.144. The lowest BCUT2D eigenvalue weighted by atomic mass is 10.00. The predicted molar refractivity (Wildman–Crippen MR) is 119 cm³/mol. The molecule has 4 heterocycles. The number of carbonyl (C=O) groups is 1.